The second-order valence-corrected chi connectivity index (χ2v) is 11.4. The molecule has 1 saturated carbocycles. The zero-order valence-corrected chi connectivity index (χ0v) is 22.1. The van der Waals surface area contributed by atoms with Gasteiger partial charge in [0.1, 0.15) is 12.1 Å². The molecule has 0 spiro atoms. The molecule has 2 atom stereocenters. The molecule has 8 heteroatoms. The standard InChI is InChI=1S/C27H39N3O4S/c1-5-11-21(29-25(33)23(31)27(2,3)4)24(32)30-26-28-16-22(35-26)20-15-10-9-12-18(20)17-34-19-13-7-6-8-14-19/h9-10,12,15-16,19,21,23,31H,5-8,11,13-14,17H2,1-4H3,(H,29,33)(H,28,30,32)/t21-,23+/m0/s1. The molecule has 7 nitrogen and oxygen atoms in total. The lowest BCUT2D eigenvalue weighted by atomic mass is 9.88. The topological polar surface area (TPSA) is 101 Å². The number of thiazole rings is 1. The molecule has 2 amide bonds. The first kappa shape index (κ1) is 27.3. The van der Waals surface area contributed by atoms with Crippen LogP contribution in [0.3, 0.4) is 0 Å². The molecule has 3 N–H and O–H groups in total. The number of rotatable bonds is 10. The van der Waals surface area contributed by atoms with Gasteiger partial charge in [0.25, 0.3) is 0 Å². The van der Waals surface area contributed by atoms with Crippen molar-refractivity contribution in [2.45, 2.75) is 97.5 Å². The summed E-state index contributed by atoms with van der Waals surface area (Å²) in [6.07, 6.45) is 8.08. The Morgan fingerprint density at radius 2 is 1.89 bits per heavy atom. The highest BCUT2D eigenvalue weighted by Gasteiger charge is 2.32. The number of aliphatic hydroxyl groups is 1. The summed E-state index contributed by atoms with van der Waals surface area (Å²) in [4.78, 5) is 30.8. The van der Waals surface area contributed by atoms with Crippen molar-refractivity contribution in [2.24, 2.45) is 5.41 Å². The fraction of sp³-hybridized carbons (Fsp3) is 0.593. The van der Waals surface area contributed by atoms with E-state index in [1.807, 2.05) is 25.1 Å². The molecule has 0 radical (unpaired) electrons. The predicted molar refractivity (Wildman–Crippen MR) is 140 cm³/mol. The van der Waals surface area contributed by atoms with Gasteiger partial charge in [-0.2, -0.15) is 0 Å². The second-order valence-electron chi connectivity index (χ2n) is 10.4. The summed E-state index contributed by atoms with van der Waals surface area (Å²) in [7, 11) is 0. The Morgan fingerprint density at radius 3 is 2.57 bits per heavy atom. The van der Waals surface area contributed by atoms with Crippen molar-refractivity contribution in [1.29, 1.82) is 0 Å². The molecule has 3 rings (SSSR count). The van der Waals surface area contributed by atoms with Gasteiger partial charge in [0.15, 0.2) is 5.13 Å². The molecule has 1 aliphatic rings. The Bertz CT molecular complexity index is 979. The highest BCUT2D eigenvalue weighted by Crippen LogP contribution is 2.32. The summed E-state index contributed by atoms with van der Waals surface area (Å²) in [5.74, 6) is -0.881. The molecule has 0 saturated heterocycles. The van der Waals surface area contributed by atoms with Gasteiger partial charge in [0.05, 0.1) is 17.6 Å². The van der Waals surface area contributed by atoms with E-state index in [9.17, 15) is 14.7 Å². The van der Waals surface area contributed by atoms with Crippen molar-refractivity contribution >= 4 is 28.3 Å². The third kappa shape index (κ3) is 7.85. The van der Waals surface area contributed by atoms with E-state index in [0.29, 0.717) is 30.7 Å². The van der Waals surface area contributed by atoms with E-state index >= 15 is 0 Å². The maximum atomic E-state index is 12.9. The van der Waals surface area contributed by atoms with Gasteiger partial charge in [-0.1, -0.05) is 89.0 Å². The molecule has 1 heterocycles. The zero-order valence-electron chi connectivity index (χ0n) is 21.3. The predicted octanol–water partition coefficient (Wildman–Crippen LogP) is 5.29. The van der Waals surface area contributed by atoms with Crippen molar-refractivity contribution in [3.63, 3.8) is 0 Å². The molecular formula is C27H39N3O4S. The molecule has 1 aromatic heterocycles. The number of ether oxygens (including phenoxy) is 1. The van der Waals surface area contributed by atoms with Crippen LogP contribution in [0, 0.1) is 5.41 Å². The number of nitrogens with one attached hydrogen (secondary N) is 2. The van der Waals surface area contributed by atoms with E-state index in [1.54, 1.807) is 27.0 Å². The molecule has 0 aliphatic heterocycles. The summed E-state index contributed by atoms with van der Waals surface area (Å²) in [6.45, 7) is 7.84. The lowest BCUT2D eigenvalue weighted by Crippen LogP contribution is -2.50. The van der Waals surface area contributed by atoms with Crippen LogP contribution in [-0.4, -0.2) is 40.2 Å². The Morgan fingerprint density at radius 1 is 1.17 bits per heavy atom. The number of benzene rings is 1. The molecular weight excluding hydrogens is 462 g/mol. The lowest BCUT2D eigenvalue weighted by molar-refractivity contribution is -0.137. The van der Waals surface area contributed by atoms with Crippen molar-refractivity contribution in [3.05, 3.63) is 36.0 Å². The summed E-state index contributed by atoms with van der Waals surface area (Å²) in [5.41, 5.74) is 1.54. The maximum Gasteiger partial charge on any atom is 0.250 e. The first-order chi connectivity index (χ1) is 16.7. The van der Waals surface area contributed by atoms with E-state index in [-0.39, 0.29) is 5.91 Å². The monoisotopic (exact) mass is 501 g/mol. The van der Waals surface area contributed by atoms with Gasteiger partial charge in [-0.15, -0.1) is 0 Å². The number of aliphatic hydroxyl groups excluding tert-OH is 1. The van der Waals surface area contributed by atoms with Crippen LogP contribution in [0.15, 0.2) is 30.5 Å². The molecule has 1 aromatic carbocycles. The second kappa shape index (κ2) is 12.6. The minimum Gasteiger partial charge on any atom is -0.383 e. The van der Waals surface area contributed by atoms with E-state index in [1.165, 1.54) is 30.6 Å². The molecule has 0 bridgehead atoms. The van der Waals surface area contributed by atoms with Crippen molar-refractivity contribution in [1.82, 2.24) is 10.3 Å². The molecule has 1 aliphatic carbocycles. The van der Waals surface area contributed by atoms with Crippen LogP contribution in [0.25, 0.3) is 10.4 Å². The molecule has 2 aromatic rings. The minimum atomic E-state index is -1.20. The summed E-state index contributed by atoms with van der Waals surface area (Å²) in [5, 5.41) is 16.3. The van der Waals surface area contributed by atoms with Crippen LogP contribution >= 0.6 is 11.3 Å². The molecule has 192 valence electrons. The third-order valence-corrected chi connectivity index (χ3v) is 7.27. The van der Waals surface area contributed by atoms with Gasteiger partial charge in [-0.3, -0.25) is 9.59 Å². The van der Waals surface area contributed by atoms with Crippen molar-refractivity contribution in [3.8, 4) is 10.4 Å². The van der Waals surface area contributed by atoms with Gasteiger partial charge in [-0.05, 0) is 35.8 Å². The number of carbonyl (C=O) groups excluding carboxylic acids is 2. The number of hydrogen-bond donors (Lipinski definition) is 3. The largest absolute Gasteiger partial charge is 0.383 e. The SMILES string of the molecule is CCC[C@H](NC(=O)[C@@H](O)C(C)(C)C)C(=O)Nc1ncc(-c2ccccc2COC2CCCCC2)s1. The first-order valence-corrected chi connectivity index (χ1v) is 13.5. The number of nitrogens with zero attached hydrogens (tertiary/aromatic N) is 1. The smallest absolute Gasteiger partial charge is 0.250 e. The number of carbonyl (C=O) groups is 2. The molecule has 1 fully saturated rings. The van der Waals surface area contributed by atoms with E-state index in [4.69, 9.17) is 4.74 Å². The van der Waals surface area contributed by atoms with Gasteiger partial charge >= 0.3 is 0 Å². The fourth-order valence-electron chi connectivity index (χ4n) is 4.18. The van der Waals surface area contributed by atoms with Gasteiger partial charge in [0, 0.05) is 6.20 Å². The Labute approximate surface area is 212 Å². The van der Waals surface area contributed by atoms with Crippen LogP contribution in [0.1, 0.15) is 78.2 Å². The van der Waals surface area contributed by atoms with Crippen LogP contribution < -0.4 is 10.6 Å². The summed E-state index contributed by atoms with van der Waals surface area (Å²) >= 11 is 1.39. The van der Waals surface area contributed by atoms with Crippen LogP contribution in [0.2, 0.25) is 0 Å². The van der Waals surface area contributed by atoms with Crippen LogP contribution in [0.4, 0.5) is 5.13 Å². The highest BCUT2D eigenvalue weighted by atomic mass is 32.1. The Kier molecular flexibility index (Phi) is 9.83. The third-order valence-electron chi connectivity index (χ3n) is 6.32. The molecule has 0 unspecified atom stereocenters. The summed E-state index contributed by atoms with van der Waals surface area (Å²) < 4.78 is 6.19. The van der Waals surface area contributed by atoms with Crippen LogP contribution in [0.5, 0.6) is 0 Å². The Hall–Kier alpha value is -2.29. The Balaban J connectivity index is 1.65. The minimum absolute atomic E-state index is 0.329. The van der Waals surface area contributed by atoms with E-state index in [2.05, 4.69) is 21.7 Å². The average molecular weight is 502 g/mol. The quantitative estimate of drug-likeness (QED) is 0.411. The lowest BCUT2D eigenvalue weighted by Gasteiger charge is -2.26. The maximum absolute atomic E-state index is 12.9. The zero-order chi connectivity index (χ0) is 25.4. The summed E-state index contributed by atoms with van der Waals surface area (Å²) in [6, 6.07) is 7.38. The van der Waals surface area contributed by atoms with Crippen LogP contribution in [-0.2, 0) is 20.9 Å². The van der Waals surface area contributed by atoms with Crippen molar-refractivity contribution < 1.29 is 19.4 Å². The number of anilines is 1. The number of aromatic nitrogens is 1. The van der Waals surface area contributed by atoms with Crippen molar-refractivity contribution in [2.75, 3.05) is 5.32 Å². The van der Waals surface area contributed by atoms with E-state index < -0.39 is 23.5 Å². The average Bonchev–Trinajstić information content (AvgIpc) is 3.30. The normalized spacial score (nSPS) is 16.5. The van der Waals surface area contributed by atoms with Gasteiger partial charge in [0.2, 0.25) is 11.8 Å². The van der Waals surface area contributed by atoms with Gasteiger partial charge < -0.3 is 20.5 Å². The van der Waals surface area contributed by atoms with Gasteiger partial charge in [-0.25, -0.2) is 4.98 Å². The highest BCUT2D eigenvalue weighted by molar-refractivity contribution is 7.19. The molecule has 35 heavy (non-hydrogen) atoms. The first-order valence-electron chi connectivity index (χ1n) is 12.6. The number of amides is 2. The number of hydrogen-bond acceptors (Lipinski definition) is 6. The van der Waals surface area contributed by atoms with E-state index in [0.717, 1.165) is 28.8 Å². The fourth-order valence-corrected chi connectivity index (χ4v) is 5.06.